The van der Waals surface area contributed by atoms with Crippen LogP contribution in [0.4, 0.5) is 8.78 Å². The van der Waals surface area contributed by atoms with Crippen molar-refractivity contribution in [3.05, 3.63) is 11.7 Å². The number of aliphatic hydroxyl groups excluding tert-OH is 1. The minimum absolute atomic E-state index is 0.0699. The predicted octanol–water partition coefficient (Wildman–Crippen LogP) is -0.0896. The maximum Gasteiger partial charge on any atom is 0.264 e. The molecule has 2 unspecified atom stereocenters. The standard InChI is InChI=1S/C11H16F2N4O2/c12-10(13)8(18)5-9-14-11(15-19-9)7-6-16-1-3-17(7)4-2-16/h7-8,10,18H,1-6H2. The van der Waals surface area contributed by atoms with E-state index >= 15 is 0 Å². The molecule has 2 bridgehead atoms. The molecule has 4 rings (SSSR count). The fraction of sp³-hybridized carbons (Fsp3) is 0.818. The van der Waals surface area contributed by atoms with Gasteiger partial charge < -0.3 is 9.63 Å². The minimum atomic E-state index is -2.80. The lowest BCUT2D eigenvalue weighted by Gasteiger charge is -2.46. The number of hydrogen-bond donors (Lipinski definition) is 1. The van der Waals surface area contributed by atoms with Gasteiger partial charge in [0, 0.05) is 32.7 Å². The van der Waals surface area contributed by atoms with Crippen molar-refractivity contribution in [1.29, 1.82) is 0 Å². The zero-order chi connectivity index (χ0) is 13.4. The van der Waals surface area contributed by atoms with Gasteiger partial charge in [-0.15, -0.1) is 0 Å². The highest BCUT2D eigenvalue weighted by Crippen LogP contribution is 2.27. The molecule has 3 aliphatic rings. The fourth-order valence-corrected chi connectivity index (χ4v) is 2.62. The molecule has 0 amide bonds. The Hall–Kier alpha value is -1.12. The quantitative estimate of drug-likeness (QED) is 0.828. The molecule has 3 aliphatic heterocycles. The summed E-state index contributed by atoms with van der Waals surface area (Å²) < 4.78 is 29.4. The minimum Gasteiger partial charge on any atom is -0.387 e. The Kier molecular flexibility index (Phi) is 3.46. The third kappa shape index (κ3) is 2.60. The highest BCUT2D eigenvalue weighted by atomic mass is 19.3. The van der Waals surface area contributed by atoms with Crippen molar-refractivity contribution < 1.29 is 18.4 Å². The molecule has 1 N–H and O–H groups in total. The molecule has 4 heterocycles. The van der Waals surface area contributed by atoms with Crippen molar-refractivity contribution in [1.82, 2.24) is 19.9 Å². The SMILES string of the molecule is OC(Cc1nc(C2CN3CCN2CC3)no1)C(F)F. The lowest BCUT2D eigenvalue weighted by Crippen LogP contribution is -2.57. The van der Waals surface area contributed by atoms with E-state index in [1.165, 1.54) is 0 Å². The molecular weight excluding hydrogens is 258 g/mol. The van der Waals surface area contributed by atoms with E-state index < -0.39 is 12.5 Å². The van der Waals surface area contributed by atoms with Gasteiger partial charge in [0.25, 0.3) is 6.43 Å². The van der Waals surface area contributed by atoms with Crippen molar-refractivity contribution in [2.45, 2.75) is 25.0 Å². The number of rotatable bonds is 4. The molecule has 3 saturated heterocycles. The summed E-state index contributed by atoms with van der Waals surface area (Å²) in [6.45, 7) is 4.87. The van der Waals surface area contributed by atoms with E-state index in [-0.39, 0.29) is 18.4 Å². The average Bonchev–Trinajstić information content (AvgIpc) is 2.88. The molecule has 0 radical (unpaired) electrons. The molecule has 19 heavy (non-hydrogen) atoms. The number of fused-ring (bicyclic) bond motifs is 3. The first-order chi connectivity index (χ1) is 9.13. The molecule has 1 aromatic rings. The smallest absolute Gasteiger partial charge is 0.264 e. The van der Waals surface area contributed by atoms with Crippen molar-refractivity contribution in [3.8, 4) is 0 Å². The summed E-state index contributed by atoms with van der Waals surface area (Å²) >= 11 is 0. The van der Waals surface area contributed by atoms with E-state index in [2.05, 4.69) is 19.9 Å². The van der Waals surface area contributed by atoms with Gasteiger partial charge in [0.15, 0.2) is 5.82 Å². The Morgan fingerprint density at radius 2 is 2.05 bits per heavy atom. The molecule has 0 saturated carbocycles. The van der Waals surface area contributed by atoms with E-state index in [0.29, 0.717) is 5.82 Å². The number of aliphatic hydroxyl groups is 1. The summed E-state index contributed by atoms with van der Waals surface area (Å²) in [6.07, 6.45) is -4.85. The van der Waals surface area contributed by atoms with Gasteiger partial charge in [-0.2, -0.15) is 4.98 Å². The Morgan fingerprint density at radius 1 is 1.32 bits per heavy atom. The summed E-state index contributed by atoms with van der Waals surface area (Å²) in [6, 6.07) is 0.0729. The normalized spacial score (nSPS) is 31.9. The van der Waals surface area contributed by atoms with E-state index in [1.807, 2.05) is 0 Å². The maximum absolute atomic E-state index is 12.2. The van der Waals surface area contributed by atoms with Gasteiger partial charge in [0.2, 0.25) is 5.89 Å². The molecular formula is C11H16F2N4O2. The zero-order valence-corrected chi connectivity index (χ0v) is 10.4. The van der Waals surface area contributed by atoms with Gasteiger partial charge in [0.05, 0.1) is 12.5 Å². The van der Waals surface area contributed by atoms with Crippen LogP contribution in [0, 0.1) is 0 Å². The molecule has 106 valence electrons. The molecule has 1 aromatic heterocycles. The van der Waals surface area contributed by atoms with E-state index in [4.69, 9.17) is 9.63 Å². The number of aromatic nitrogens is 2. The molecule has 2 atom stereocenters. The van der Waals surface area contributed by atoms with Crippen LogP contribution in [0.3, 0.4) is 0 Å². The highest BCUT2D eigenvalue weighted by molar-refractivity contribution is 5.01. The van der Waals surface area contributed by atoms with Crippen molar-refractivity contribution in [2.24, 2.45) is 0 Å². The summed E-state index contributed by atoms with van der Waals surface area (Å²) in [5, 5.41) is 13.0. The largest absolute Gasteiger partial charge is 0.387 e. The molecule has 6 nitrogen and oxygen atoms in total. The Morgan fingerprint density at radius 3 is 2.63 bits per heavy atom. The third-order valence-electron chi connectivity index (χ3n) is 3.74. The third-order valence-corrected chi connectivity index (χ3v) is 3.74. The predicted molar refractivity (Wildman–Crippen MR) is 60.8 cm³/mol. The van der Waals surface area contributed by atoms with Gasteiger partial charge in [-0.1, -0.05) is 5.16 Å². The summed E-state index contributed by atoms with van der Waals surface area (Å²) in [4.78, 5) is 8.74. The monoisotopic (exact) mass is 274 g/mol. The van der Waals surface area contributed by atoms with E-state index in [0.717, 1.165) is 32.7 Å². The molecule has 8 heteroatoms. The van der Waals surface area contributed by atoms with Gasteiger partial charge in [-0.3, -0.25) is 9.80 Å². The second-order valence-corrected chi connectivity index (χ2v) is 5.00. The van der Waals surface area contributed by atoms with Crippen LogP contribution in [0.2, 0.25) is 0 Å². The van der Waals surface area contributed by atoms with Crippen LogP contribution < -0.4 is 0 Å². The first-order valence-electron chi connectivity index (χ1n) is 6.38. The first kappa shape index (κ1) is 12.9. The second kappa shape index (κ2) is 5.10. The topological polar surface area (TPSA) is 65.6 Å². The van der Waals surface area contributed by atoms with Crippen LogP contribution in [0.25, 0.3) is 0 Å². The average molecular weight is 274 g/mol. The summed E-state index contributed by atoms with van der Waals surface area (Å²) in [5.41, 5.74) is 0. The van der Waals surface area contributed by atoms with Gasteiger partial charge in [-0.05, 0) is 0 Å². The fourth-order valence-electron chi connectivity index (χ4n) is 2.62. The van der Waals surface area contributed by atoms with Crippen molar-refractivity contribution in [3.63, 3.8) is 0 Å². The van der Waals surface area contributed by atoms with Gasteiger partial charge in [0.1, 0.15) is 6.10 Å². The lowest BCUT2D eigenvalue weighted by atomic mass is 10.1. The maximum atomic E-state index is 12.2. The molecule has 0 spiro atoms. The number of halogens is 2. The Bertz CT molecular complexity index is 434. The zero-order valence-electron chi connectivity index (χ0n) is 10.4. The number of hydrogen-bond acceptors (Lipinski definition) is 6. The van der Waals surface area contributed by atoms with E-state index in [9.17, 15) is 8.78 Å². The lowest BCUT2D eigenvalue weighted by molar-refractivity contribution is -0.00754. The number of alkyl halides is 2. The first-order valence-corrected chi connectivity index (χ1v) is 6.38. The van der Waals surface area contributed by atoms with Crippen LogP contribution in [-0.2, 0) is 6.42 Å². The summed E-state index contributed by atoms with van der Waals surface area (Å²) in [5.74, 6) is 0.598. The summed E-state index contributed by atoms with van der Waals surface area (Å²) in [7, 11) is 0. The Balaban J connectivity index is 1.68. The van der Waals surface area contributed by atoms with Crippen LogP contribution in [0.1, 0.15) is 17.8 Å². The van der Waals surface area contributed by atoms with E-state index in [1.54, 1.807) is 0 Å². The van der Waals surface area contributed by atoms with Gasteiger partial charge in [-0.25, -0.2) is 8.78 Å². The van der Waals surface area contributed by atoms with Gasteiger partial charge >= 0.3 is 0 Å². The number of piperazine rings is 3. The van der Waals surface area contributed by atoms with Crippen LogP contribution >= 0.6 is 0 Å². The molecule has 3 fully saturated rings. The van der Waals surface area contributed by atoms with Crippen molar-refractivity contribution >= 4 is 0 Å². The van der Waals surface area contributed by atoms with Crippen LogP contribution in [0.5, 0.6) is 0 Å². The molecule has 0 aliphatic carbocycles. The van der Waals surface area contributed by atoms with Crippen molar-refractivity contribution in [2.75, 3.05) is 32.7 Å². The highest BCUT2D eigenvalue weighted by Gasteiger charge is 2.35. The number of nitrogens with zero attached hydrogens (tertiary/aromatic N) is 4. The second-order valence-electron chi connectivity index (χ2n) is 5.00. The van der Waals surface area contributed by atoms with Crippen LogP contribution in [0.15, 0.2) is 4.52 Å². The molecule has 0 aromatic carbocycles. The van der Waals surface area contributed by atoms with Crippen LogP contribution in [-0.4, -0.2) is 70.3 Å². The Labute approximate surface area is 109 Å².